The predicted octanol–water partition coefficient (Wildman–Crippen LogP) is 5.37. The zero-order valence-electron chi connectivity index (χ0n) is 18.7. The number of nitrogens with zero attached hydrogens (tertiary/aromatic N) is 1. The zero-order chi connectivity index (χ0) is 23.7. The van der Waals surface area contributed by atoms with E-state index in [0.717, 1.165) is 16.0 Å². The summed E-state index contributed by atoms with van der Waals surface area (Å²) in [6, 6.07) is 17.7. The number of rotatable bonds is 6. The number of benzene rings is 3. The maximum absolute atomic E-state index is 13.6. The van der Waals surface area contributed by atoms with Gasteiger partial charge in [-0.05, 0) is 37.1 Å². The molecule has 1 heterocycles. The fourth-order valence-corrected chi connectivity index (χ4v) is 3.79. The Labute approximate surface area is 197 Å². The molecule has 0 saturated heterocycles. The van der Waals surface area contributed by atoms with Crippen molar-refractivity contribution in [1.29, 1.82) is 0 Å². The summed E-state index contributed by atoms with van der Waals surface area (Å²) in [5, 5.41) is 3.61. The Morgan fingerprint density at radius 2 is 1.45 bits per heavy atom. The van der Waals surface area contributed by atoms with Crippen LogP contribution in [0, 0.1) is 13.8 Å². The van der Waals surface area contributed by atoms with Crippen LogP contribution < -0.4 is 19.7 Å². The molecular formula is C26H23ClN2O4. The summed E-state index contributed by atoms with van der Waals surface area (Å²) in [6.07, 6.45) is 0. The van der Waals surface area contributed by atoms with Crippen molar-refractivity contribution < 1.29 is 19.1 Å². The standard InChI is InChI=1S/C26H23ClN2O4/c1-15-5-8-17(9-6-15)23-24(28-18-11-20(32-3)14-21(12-18)33-4)26(31)29(25(23)30)19-10-7-16(2)22(27)13-19/h5-14,28H,1-4H3. The summed E-state index contributed by atoms with van der Waals surface area (Å²) in [5.41, 5.74) is 3.94. The number of anilines is 2. The number of hydrogen-bond acceptors (Lipinski definition) is 5. The number of ether oxygens (including phenoxy) is 2. The number of amides is 2. The van der Waals surface area contributed by atoms with Crippen LogP contribution in [0.4, 0.5) is 11.4 Å². The van der Waals surface area contributed by atoms with E-state index in [2.05, 4.69) is 5.32 Å². The fraction of sp³-hybridized carbons (Fsp3) is 0.154. The first kappa shape index (κ1) is 22.4. The summed E-state index contributed by atoms with van der Waals surface area (Å²) in [7, 11) is 3.09. The number of halogens is 1. The number of carbonyl (C=O) groups is 2. The summed E-state index contributed by atoms with van der Waals surface area (Å²) in [4.78, 5) is 28.3. The molecule has 1 aliphatic heterocycles. The van der Waals surface area contributed by atoms with Gasteiger partial charge in [0.1, 0.15) is 17.2 Å². The van der Waals surface area contributed by atoms with Gasteiger partial charge in [0, 0.05) is 28.9 Å². The molecule has 0 atom stereocenters. The van der Waals surface area contributed by atoms with Gasteiger partial charge in [0.2, 0.25) is 0 Å². The van der Waals surface area contributed by atoms with Gasteiger partial charge in [0.05, 0.1) is 25.5 Å². The summed E-state index contributed by atoms with van der Waals surface area (Å²) in [5.74, 6) is 0.194. The third-order valence-corrected chi connectivity index (χ3v) is 5.87. The van der Waals surface area contributed by atoms with Crippen molar-refractivity contribution in [2.45, 2.75) is 13.8 Å². The van der Waals surface area contributed by atoms with Gasteiger partial charge in [-0.15, -0.1) is 0 Å². The number of nitrogens with one attached hydrogen (secondary N) is 1. The molecule has 0 aliphatic carbocycles. The fourth-order valence-electron chi connectivity index (χ4n) is 3.61. The summed E-state index contributed by atoms with van der Waals surface area (Å²) in [6.45, 7) is 3.82. The van der Waals surface area contributed by atoms with E-state index in [1.807, 2.05) is 38.1 Å². The Kier molecular flexibility index (Phi) is 6.11. The number of imide groups is 1. The van der Waals surface area contributed by atoms with Crippen molar-refractivity contribution in [2.24, 2.45) is 0 Å². The molecule has 3 aromatic rings. The van der Waals surface area contributed by atoms with Gasteiger partial charge in [-0.2, -0.15) is 0 Å². The molecule has 1 N–H and O–H groups in total. The number of aryl methyl sites for hydroxylation is 2. The average molecular weight is 463 g/mol. The van der Waals surface area contributed by atoms with Crippen molar-refractivity contribution >= 4 is 40.4 Å². The molecule has 0 radical (unpaired) electrons. The zero-order valence-corrected chi connectivity index (χ0v) is 19.5. The average Bonchev–Trinajstić information content (AvgIpc) is 3.05. The van der Waals surface area contributed by atoms with E-state index >= 15 is 0 Å². The Hall–Kier alpha value is -3.77. The lowest BCUT2D eigenvalue weighted by Crippen LogP contribution is -2.32. The Morgan fingerprint density at radius 3 is 2.03 bits per heavy atom. The van der Waals surface area contributed by atoms with E-state index in [9.17, 15) is 9.59 Å². The Morgan fingerprint density at radius 1 is 0.818 bits per heavy atom. The normalized spacial score (nSPS) is 13.5. The SMILES string of the molecule is COc1cc(NC2=C(c3ccc(C)cc3)C(=O)N(c3ccc(C)c(Cl)c3)C2=O)cc(OC)c1. The Bertz CT molecular complexity index is 1260. The number of methoxy groups -OCH3 is 2. The van der Waals surface area contributed by atoms with Crippen LogP contribution in [0.15, 0.2) is 66.4 Å². The van der Waals surface area contributed by atoms with E-state index in [1.54, 1.807) is 50.6 Å². The first-order valence-corrected chi connectivity index (χ1v) is 10.7. The van der Waals surface area contributed by atoms with E-state index in [4.69, 9.17) is 21.1 Å². The van der Waals surface area contributed by atoms with Gasteiger partial charge in [-0.1, -0.05) is 47.5 Å². The molecule has 168 valence electrons. The molecular weight excluding hydrogens is 440 g/mol. The van der Waals surface area contributed by atoms with Crippen molar-refractivity contribution in [3.63, 3.8) is 0 Å². The molecule has 0 aromatic heterocycles. The quantitative estimate of drug-likeness (QED) is 0.499. The van der Waals surface area contributed by atoms with Crippen LogP contribution in [0.5, 0.6) is 11.5 Å². The summed E-state index contributed by atoms with van der Waals surface area (Å²) < 4.78 is 10.7. The van der Waals surface area contributed by atoms with Crippen molar-refractivity contribution in [3.05, 3.63) is 88.1 Å². The minimum atomic E-state index is -0.475. The monoisotopic (exact) mass is 462 g/mol. The van der Waals surface area contributed by atoms with Crippen molar-refractivity contribution in [2.75, 3.05) is 24.4 Å². The molecule has 0 bridgehead atoms. The van der Waals surface area contributed by atoms with Crippen molar-refractivity contribution in [1.82, 2.24) is 0 Å². The first-order valence-electron chi connectivity index (χ1n) is 10.3. The van der Waals surface area contributed by atoms with Gasteiger partial charge < -0.3 is 14.8 Å². The predicted molar refractivity (Wildman–Crippen MR) is 130 cm³/mol. The molecule has 0 spiro atoms. The molecule has 1 aliphatic rings. The van der Waals surface area contributed by atoms with Crippen molar-refractivity contribution in [3.8, 4) is 11.5 Å². The minimum absolute atomic E-state index is 0.163. The van der Waals surface area contributed by atoms with Crippen LogP contribution in [-0.2, 0) is 9.59 Å². The van der Waals surface area contributed by atoms with E-state index in [-0.39, 0.29) is 11.3 Å². The second kappa shape index (κ2) is 9.00. The van der Waals surface area contributed by atoms with Crippen LogP contribution >= 0.6 is 11.6 Å². The minimum Gasteiger partial charge on any atom is -0.497 e. The van der Waals surface area contributed by atoms with Gasteiger partial charge in [-0.3, -0.25) is 9.59 Å². The number of hydrogen-bond donors (Lipinski definition) is 1. The molecule has 0 saturated carbocycles. The lowest BCUT2D eigenvalue weighted by Gasteiger charge is -2.16. The highest BCUT2D eigenvalue weighted by Crippen LogP contribution is 2.36. The summed E-state index contributed by atoms with van der Waals surface area (Å²) >= 11 is 6.29. The van der Waals surface area contributed by atoms with Crippen LogP contribution in [0.3, 0.4) is 0 Å². The highest BCUT2D eigenvalue weighted by Gasteiger charge is 2.40. The lowest BCUT2D eigenvalue weighted by molar-refractivity contribution is -0.120. The molecule has 6 nitrogen and oxygen atoms in total. The maximum Gasteiger partial charge on any atom is 0.282 e. The highest BCUT2D eigenvalue weighted by atomic mass is 35.5. The largest absolute Gasteiger partial charge is 0.497 e. The van der Waals surface area contributed by atoms with Gasteiger partial charge >= 0.3 is 0 Å². The molecule has 0 fully saturated rings. The second-order valence-corrected chi connectivity index (χ2v) is 8.13. The van der Waals surface area contributed by atoms with Crippen LogP contribution in [0.2, 0.25) is 5.02 Å². The molecule has 4 rings (SSSR count). The smallest absolute Gasteiger partial charge is 0.282 e. The van der Waals surface area contributed by atoms with E-state index in [0.29, 0.717) is 33.5 Å². The molecule has 0 unspecified atom stereocenters. The van der Waals surface area contributed by atoms with Gasteiger partial charge in [0.25, 0.3) is 11.8 Å². The lowest BCUT2D eigenvalue weighted by atomic mass is 10.0. The molecule has 3 aromatic carbocycles. The van der Waals surface area contributed by atoms with Crippen LogP contribution in [0.25, 0.3) is 5.57 Å². The van der Waals surface area contributed by atoms with Gasteiger partial charge in [-0.25, -0.2) is 4.90 Å². The van der Waals surface area contributed by atoms with Crippen LogP contribution in [0.1, 0.15) is 16.7 Å². The topological polar surface area (TPSA) is 67.9 Å². The van der Waals surface area contributed by atoms with E-state index < -0.39 is 11.8 Å². The molecule has 2 amide bonds. The third-order valence-electron chi connectivity index (χ3n) is 5.46. The number of carbonyl (C=O) groups excluding carboxylic acids is 2. The first-order chi connectivity index (χ1) is 15.8. The maximum atomic E-state index is 13.6. The second-order valence-electron chi connectivity index (χ2n) is 7.72. The Balaban J connectivity index is 1.83. The third kappa shape index (κ3) is 4.30. The molecule has 33 heavy (non-hydrogen) atoms. The highest BCUT2D eigenvalue weighted by molar-refractivity contribution is 6.46. The molecule has 7 heteroatoms. The van der Waals surface area contributed by atoms with Gasteiger partial charge in [0.15, 0.2) is 0 Å². The van der Waals surface area contributed by atoms with E-state index in [1.165, 1.54) is 0 Å². The van der Waals surface area contributed by atoms with Crippen LogP contribution in [-0.4, -0.2) is 26.0 Å².